The average molecular weight is 842 g/mol. The zero-order valence-electron chi connectivity index (χ0n) is 37.7. The first-order valence-electron chi connectivity index (χ1n) is 22.5. The summed E-state index contributed by atoms with van der Waals surface area (Å²) in [5.74, 6) is -0.268. The number of hydrogen-bond acceptors (Lipinski definition) is 8. The zero-order valence-corrected chi connectivity index (χ0v) is 37.7. The van der Waals surface area contributed by atoms with E-state index in [1.165, 1.54) is 6.42 Å². The number of H-pyrrole nitrogens is 1. The molecule has 2 aliphatic heterocycles. The number of carbonyl (C=O) groups is 4. The molecule has 4 N–H and O–H groups in total. The van der Waals surface area contributed by atoms with Crippen molar-refractivity contribution in [1.29, 1.82) is 0 Å². The van der Waals surface area contributed by atoms with Crippen LogP contribution in [0.4, 0.5) is 0 Å². The van der Waals surface area contributed by atoms with Crippen molar-refractivity contribution >= 4 is 23.6 Å². The number of hydrogen-bond donors (Lipinski definition) is 4. The molecule has 2 saturated heterocycles. The Labute approximate surface area is 363 Å². The quantitative estimate of drug-likeness (QED) is 0.113. The SMILES string of the molecule is CCC.CCC(C)C(C(CC(=O)N1CCCC1C(OC)C(C)C(=O)N[C@@H](Cc1ccccc1)c1ncc(-c2ccccc2)[nH]1)OC)N(C)C(=O)CNC(=O)C1NC2CCC1C2. The number of ether oxygens (including phenoxy) is 2. The molecule has 0 spiro atoms. The van der Waals surface area contributed by atoms with E-state index in [2.05, 4.69) is 48.6 Å². The first-order valence-corrected chi connectivity index (χ1v) is 22.5. The third-order valence-corrected chi connectivity index (χ3v) is 13.0. The van der Waals surface area contributed by atoms with Crippen molar-refractivity contribution in [1.82, 2.24) is 35.7 Å². The van der Waals surface area contributed by atoms with Crippen molar-refractivity contribution in [2.24, 2.45) is 17.8 Å². The predicted octanol–water partition coefficient (Wildman–Crippen LogP) is 6.07. The highest BCUT2D eigenvalue weighted by Gasteiger charge is 2.44. The van der Waals surface area contributed by atoms with Crippen LogP contribution in [0.3, 0.4) is 0 Å². The Morgan fingerprint density at radius 2 is 1.64 bits per heavy atom. The fraction of sp³-hybridized carbons (Fsp3) is 0.604. The highest BCUT2D eigenvalue weighted by molar-refractivity contribution is 5.88. The van der Waals surface area contributed by atoms with Gasteiger partial charge in [0, 0.05) is 33.9 Å². The summed E-state index contributed by atoms with van der Waals surface area (Å²) >= 11 is 0. The van der Waals surface area contributed by atoms with E-state index in [9.17, 15) is 19.2 Å². The number of likely N-dealkylation sites (tertiary alicyclic amines) is 1. The highest BCUT2D eigenvalue weighted by atomic mass is 16.5. The number of nitrogens with one attached hydrogen (secondary N) is 4. The molecular weight excluding hydrogens is 771 g/mol. The van der Waals surface area contributed by atoms with Gasteiger partial charge in [0.2, 0.25) is 23.6 Å². The minimum absolute atomic E-state index is 0.0150. The number of rotatable bonds is 19. The number of aromatic nitrogens is 2. The molecule has 13 nitrogen and oxygen atoms in total. The Balaban J connectivity index is 0.00000228. The summed E-state index contributed by atoms with van der Waals surface area (Å²) < 4.78 is 12.1. The fourth-order valence-corrected chi connectivity index (χ4v) is 9.52. The second kappa shape index (κ2) is 23.0. The van der Waals surface area contributed by atoms with Crippen LogP contribution in [-0.2, 0) is 35.1 Å². The molecule has 2 bridgehead atoms. The molecule has 1 aromatic heterocycles. The number of imidazole rings is 1. The van der Waals surface area contributed by atoms with Gasteiger partial charge < -0.3 is 40.2 Å². The number of piperidine rings is 1. The molecule has 3 aromatic rings. The van der Waals surface area contributed by atoms with E-state index in [0.29, 0.717) is 37.2 Å². The maximum Gasteiger partial charge on any atom is 0.242 e. The molecule has 4 amide bonds. The molecule has 3 aliphatic rings. The standard InChI is InChI=1S/C45H63N7O6.C3H8/c1-7-28(2)41(51(4)39(54)27-47-45(56)40-32-20-21-33(24-32)48-40)37(57-5)25-38(53)52-22-14-19-36(52)42(58-6)29(3)44(55)50-34(23-30-15-10-8-11-16-30)43-46-26-35(49-43)31-17-12-9-13-18-31;1-3-2/h8-13,15-18,26,28-29,32-34,36-37,40-42,48H,7,14,19-25,27H2,1-6H3,(H,46,49)(H,47,56)(H,50,55);3H2,1-2H3/t28?,29?,32?,33?,34-,36?,37?,40?,41?,42?;/m0./s1. The van der Waals surface area contributed by atoms with Crippen LogP contribution < -0.4 is 16.0 Å². The number of benzene rings is 2. The topological polar surface area (TPSA) is 158 Å². The van der Waals surface area contributed by atoms with Crippen LogP contribution in [0.15, 0.2) is 66.9 Å². The second-order valence-electron chi connectivity index (χ2n) is 17.3. The highest BCUT2D eigenvalue weighted by Crippen LogP contribution is 2.35. The summed E-state index contributed by atoms with van der Waals surface area (Å²) in [7, 11) is 4.90. The summed E-state index contributed by atoms with van der Waals surface area (Å²) in [6.45, 7) is 10.6. The molecule has 10 atom stereocenters. The van der Waals surface area contributed by atoms with Crippen molar-refractivity contribution < 1.29 is 28.7 Å². The Hall–Kier alpha value is -4.59. The van der Waals surface area contributed by atoms with Gasteiger partial charge >= 0.3 is 0 Å². The van der Waals surface area contributed by atoms with Crippen LogP contribution >= 0.6 is 0 Å². The number of aromatic amines is 1. The Kier molecular flexibility index (Phi) is 17.9. The van der Waals surface area contributed by atoms with E-state index in [1.807, 2.05) is 72.5 Å². The largest absolute Gasteiger partial charge is 0.379 e. The summed E-state index contributed by atoms with van der Waals surface area (Å²) in [5.41, 5.74) is 2.92. The molecule has 1 aliphatic carbocycles. The molecule has 0 radical (unpaired) electrons. The van der Waals surface area contributed by atoms with Crippen LogP contribution in [0.25, 0.3) is 11.3 Å². The number of carbonyl (C=O) groups excluding carboxylic acids is 4. The lowest BCUT2D eigenvalue weighted by Gasteiger charge is -2.39. The molecule has 1 saturated carbocycles. The minimum atomic E-state index is -0.593. The molecule has 3 fully saturated rings. The number of nitrogens with zero attached hydrogens (tertiary/aromatic N) is 3. The molecule has 61 heavy (non-hydrogen) atoms. The van der Waals surface area contributed by atoms with Gasteiger partial charge in [0.15, 0.2) is 0 Å². The van der Waals surface area contributed by atoms with Crippen molar-refractivity contribution in [2.75, 3.05) is 34.4 Å². The average Bonchev–Trinajstić information content (AvgIpc) is 4.12. The van der Waals surface area contributed by atoms with Crippen LogP contribution in [0, 0.1) is 17.8 Å². The maximum absolute atomic E-state index is 14.3. The van der Waals surface area contributed by atoms with Crippen LogP contribution in [0.1, 0.15) is 103 Å². The molecule has 334 valence electrons. The second-order valence-corrected chi connectivity index (χ2v) is 17.3. The maximum atomic E-state index is 14.3. The normalized spacial score (nSPS) is 22.3. The van der Waals surface area contributed by atoms with Gasteiger partial charge in [0.25, 0.3) is 0 Å². The zero-order chi connectivity index (χ0) is 44.1. The van der Waals surface area contributed by atoms with Gasteiger partial charge in [-0.3, -0.25) is 19.2 Å². The fourth-order valence-electron chi connectivity index (χ4n) is 9.52. The molecule has 13 heteroatoms. The van der Waals surface area contributed by atoms with Gasteiger partial charge in [-0.2, -0.15) is 0 Å². The lowest BCUT2D eigenvalue weighted by Crippen LogP contribution is -2.55. The van der Waals surface area contributed by atoms with Crippen molar-refractivity contribution in [2.45, 2.75) is 135 Å². The van der Waals surface area contributed by atoms with Gasteiger partial charge in [0.1, 0.15) is 5.82 Å². The van der Waals surface area contributed by atoms with Gasteiger partial charge in [0.05, 0.1) is 67.1 Å². The summed E-state index contributed by atoms with van der Waals surface area (Å²) in [5, 5.41) is 9.53. The first-order chi connectivity index (χ1) is 29.4. The Bertz CT molecular complexity index is 1840. The monoisotopic (exact) mass is 842 g/mol. The lowest BCUT2D eigenvalue weighted by atomic mass is 9.90. The summed E-state index contributed by atoms with van der Waals surface area (Å²) in [4.78, 5) is 66.6. The molecule has 3 heterocycles. The Morgan fingerprint density at radius 1 is 0.951 bits per heavy atom. The Morgan fingerprint density at radius 3 is 2.25 bits per heavy atom. The number of fused-ring (bicyclic) bond motifs is 2. The number of amides is 4. The van der Waals surface area contributed by atoms with Crippen molar-refractivity contribution in [3.8, 4) is 11.3 Å². The number of likely N-dealkylation sites (N-methyl/N-ethyl adjacent to an activating group) is 1. The molecular formula is C48H71N7O6. The van der Waals surface area contributed by atoms with Crippen LogP contribution in [0.2, 0.25) is 0 Å². The molecule has 9 unspecified atom stereocenters. The summed E-state index contributed by atoms with van der Waals surface area (Å²) in [6, 6.07) is 18.9. The van der Waals surface area contributed by atoms with E-state index < -0.39 is 30.2 Å². The van der Waals surface area contributed by atoms with E-state index in [-0.39, 0.29) is 54.6 Å². The smallest absolute Gasteiger partial charge is 0.242 e. The van der Waals surface area contributed by atoms with E-state index >= 15 is 0 Å². The van der Waals surface area contributed by atoms with Crippen LogP contribution in [-0.4, -0.2) is 114 Å². The first kappa shape index (κ1) is 47.5. The van der Waals surface area contributed by atoms with Gasteiger partial charge in [-0.25, -0.2) is 4.98 Å². The third-order valence-electron chi connectivity index (χ3n) is 13.0. The lowest BCUT2D eigenvalue weighted by molar-refractivity contribution is -0.146. The third kappa shape index (κ3) is 12.1. The van der Waals surface area contributed by atoms with E-state index in [0.717, 1.165) is 48.9 Å². The minimum Gasteiger partial charge on any atom is -0.379 e. The number of methoxy groups -OCH3 is 2. The summed E-state index contributed by atoms with van der Waals surface area (Å²) in [6.07, 6.45) is 7.85. The predicted molar refractivity (Wildman–Crippen MR) is 238 cm³/mol. The van der Waals surface area contributed by atoms with E-state index in [4.69, 9.17) is 14.5 Å². The van der Waals surface area contributed by atoms with Gasteiger partial charge in [-0.1, -0.05) is 108 Å². The van der Waals surface area contributed by atoms with Crippen LogP contribution in [0.5, 0.6) is 0 Å². The van der Waals surface area contributed by atoms with E-state index in [1.54, 1.807) is 32.4 Å². The molecule has 2 aromatic carbocycles. The van der Waals surface area contributed by atoms with Gasteiger partial charge in [-0.15, -0.1) is 0 Å². The van der Waals surface area contributed by atoms with Crippen molar-refractivity contribution in [3.05, 3.63) is 78.2 Å². The van der Waals surface area contributed by atoms with Crippen molar-refractivity contribution in [3.63, 3.8) is 0 Å². The van der Waals surface area contributed by atoms with Gasteiger partial charge in [-0.05, 0) is 61.5 Å². The molecule has 6 rings (SSSR count).